The molecular formula is C21H26N4O3. The van der Waals surface area contributed by atoms with E-state index in [1.165, 1.54) is 11.1 Å². The van der Waals surface area contributed by atoms with Crippen molar-refractivity contribution in [2.24, 2.45) is 0 Å². The second-order valence-electron chi connectivity index (χ2n) is 7.26. The number of methoxy groups -OCH3 is 2. The number of rotatable bonds is 5. The third-order valence-corrected chi connectivity index (χ3v) is 5.74. The summed E-state index contributed by atoms with van der Waals surface area (Å²) < 4.78 is 10.9. The van der Waals surface area contributed by atoms with Crippen molar-refractivity contribution in [3.8, 4) is 11.5 Å². The molecule has 1 saturated heterocycles. The molecule has 2 aliphatic rings. The van der Waals surface area contributed by atoms with Crippen LogP contribution in [0.15, 0.2) is 30.6 Å². The molecular weight excluding hydrogens is 356 g/mol. The third kappa shape index (κ3) is 3.61. The summed E-state index contributed by atoms with van der Waals surface area (Å²) in [5, 5.41) is 0. The highest BCUT2D eigenvalue weighted by Gasteiger charge is 2.30. The summed E-state index contributed by atoms with van der Waals surface area (Å²) in [7, 11) is 3.30. The van der Waals surface area contributed by atoms with Crippen LogP contribution < -0.4 is 14.4 Å². The number of benzene rings is 1. The fourth-order valence-corrected chi connectivity index (χ4v) is 4.18. The van der Waals surface area contributed by atoms with Crippen LogP contribution in [-0.4, -0.2) is 61.2 Å². The predicted octanol–water partition coefficient (Wildman–Crippen LogP) is 2.26. The topological polar surface area (TPSA) is 67.8 Å². The van der Waals surface area contributed by atoms with Crippen molar-refractivity contribution in [2.75, 3.05) is 45.3 Å². The molecule has 2 aromatic rings. The highest BCUT2D eigenvalue weighted by molar-refractivity contribution is 5.78. The molecule has 1 atom stereocenters. The van der Waals surface area contributed by atoms with Crippen molar-refractivity contribution in [3.05, 3.63) is 41.7 Å². The zero-order valence-electron chi connectivity index (χ0n) is 16.4. The zero-order valence-corrected chi connectivity index (χ0v) is 16.4. The van der Waals surface area contributed by atoms with Crippen molar-refractivity contribution in [1.29, 1.82) is 0 Å². The molecule has 2 heterocycles. The molecule has 148 valence electrons. The Balaban J connectivity index is 1.38. The molecule has 0 bridgehead atoms. The number of hydrogen-bond acceptors (Lipinski definition) is 6. The Morgan fingerprint density at radius 3 is 2.43 bits per heavy atom. The minimum atomic E-state index is 0.223. The van der Waals surface area contributed by atoms with Crippen LogP contribution in [0.3, 0.4) is 0 Å². The second kappa shape index (κ2) is 8.04. The molecule has 0 saturated carbocycles. The number of aromatic nitrogens is 2. The second-order valence-corrected chi connectivity index (χ2v) is 7.26. The van der Waals surface area contributed by atoms with Gasteiger partial charge in [0.25, 0.3) is 0 Å². The quantitative estimate of drug-likeness (QED) is 0.790. The van der Waals surface area contributed by atoms with Gasteiger partial charge in [-0.3, -0.25) is 4.79 Å². The van der Waals surface area contributed by atoms with Crippen LogP contribution in [0.1, 0.15) is 29.9 Å². The van der Waals surface area contributed by atoms with Crippen molar-refractivity contribution < 1.29 is 14.3 Å². The highest BCUT2D eigenvalue weighted by Crippen LogP contribution is 2.42. The average Bonchev–Trinajstić information content (AvgIpc) is 3.14. The van der Waals surface area contributed by atoms with Gasteiger partial charge < -0.3 is 19.3 Å². The molecule has 4 rings (SSSR count). The summed E-state index contributed by atoms with van der Waals surface area (Å²) in [5.41, 5.74) is 2.49. The van der Waals surface area contributed by atoms with E-state index in [1.54, 1.807) is 26.6 Å². The number of nitrogens with zero attached hydrogens (tertiary/aromatic N) is 4. The first-order valence-electron chi connectivity index (χ1n) is 9.74. The van der Waals surface area contributed by atoms with Crippen LogP contribution in [0, 0.1) is 0 Å². The van der Waals surface area contributed by atoms with E-state index in [0.717, 1.165) is 43.4 Å². The fourth-order valence-electron chi connectivity index (χ4n) is 4.18. The summed E-state index contributed by atoms with van der Waals surface area (Å²) in [4.78, 5) is 25.6. The predicted molar refractivity (Wildman–Crippen MR) is 106 cm³/mol. The van der Waals surface area contributed by atoms with Crippen molar-refractivity contribution in [3.63, 3.8) is 0 Å². The maximum Gasteiger partial charge on any atom is 0.225 e. The molecule has 0 spiro atoms. The largest absolute Gasteiger partial charge is 0.493 e. The Hall–Kier alpha value is -2.83. The van der Waals surface area contributed by atoms with Gasteiger partial charge >= 0.3 is 0 Å². The van der Waals surface area contributed by atoms with E-state index < -0.39 is 0 Å². The highest BCUT2D eigenvalue weighted by atomic mass is 16.5. The first-order chi connectivity index (χ1) is 13.7. The van der Waals surface area contributed by atoms with E-state index in [1.807, 2.05) is 17.0 Å². The Labute approximate surface area is 165 Å². The van der Waals surface area contributed by atoms with Gasteiger partial charge in [-0.05, 0) is 48.1 Å². The van der Waals surface area contributed by atoms with Crippen LogP contribution in [0.2, 0.25) is 0 Å². The number of ether oxygens (including phenoxy) is 2. The number of hydrogen-bond donors (Lipinski definition) is 0. The van der Waals surface area contributed by atoms with Gasteiger partial charge in [-0.15, -0.1) is 0 Å². The monoisotopic (exact) mass is 382 g/mol. The maximum atomic E-state index is 12.9. The third-order valence-electron chi connectivity index (χ3n) is 5.74. The summed E-state index contributed by atoms with van der Waals surface area (Å²) in [6, 6.07) is 5.91. The first kappa shape index (κ1) is 18.5. The fraction of sp³-hybridized carbons (Fsp3) is 0.476. The lowest BCUT2D eigenvalue weighted by molar-refractivity contribution is -0.131. The van der Waals surface area contributed by atoms with E-state index in [2.05, 4.69) is 20.9 Å². The van der Waals surface area contributed by atoms with E-state index in [9.17, 15) is 4.79 Å². The average molecular weight is 382 g/mol. The van der Waals surface area contributed by atoms with Crippen LogP contribution in [0.25, 0.3) is 0 Å². The van der Waals surface area contributed by atoms with Gasteiger partial charge in [-0.1, -0.05) is 0 Å². The maximum absolute atomic E-state index is 12.9. The summed E-state index contributed by atoms with van der Waals surface area (Å²) in [6.45, 7) is 2.95. The van der Waals surface area contributed by atoms with Crippen LogP contribution in [0.4, 0.5) is 5.95 Å². The van der Waals surface area contributed by atoms with Crippen LogP contribution in [-0.2, 0) is 11.2 Å². The molecule has 0 radical (unpaired) electrons. The van der Waals surface area contributed by atoms with Crippen LogP contribution >= 0.6 is 0 Å². The van der Waals surface area contributed by atoms with E-state index in [4.69, 9.17) is 9.47 Å². The number of anilines is 1. The smallest absolute Gasteiger partial charge is 0.225 e. The minimum absolute atomic E-state index is 0.223. The van der Waals surface area contributed by atoms with E-state index in [-0.39, 0.29) is 11.8 Å². The minimum Gasteiger partial charge on any atom is -0.493 e. The van der Waals surface area contributed by atoms with Gasteiger partial charge in [-0.25, -0.2) is 9.97 Å². The summed E-state index contributed by atoms with van der Waals surface area (Å²) in [6.07, 6.45) is 6.02. The molecule has 7 heteroatoms. The molecule has 1 unspecified atom stereocenters. The molecule has 28 heavy (non-hydrogen) atoms. The molecule has 1 aromatic carbocycles. The van der Waals surface area contributed by atoms with Gasteiger partial charge in [-0.2, -0.15) is 0 Å². The lowest BCUT2D eigenvalue weighted by Crippen LogP contribution is -2.49. The number of aryl methyl sites for hydroxylation is 1. The number of piperazine rings is 1. The Kier molecular flexibility index (Phi) is 5.32. The Morgan fingerprint density at radius 2 is 1.75 bits per heavy atom. The van der Waals surface area contributed by atoms with Crippen molar-refractivity contribution in [2.45, 2.75) is 25.2 Å². The number of carbonyl (C=O) groups is 1. The molecule has 1 aliphatic heterocycles. The molecule has 0 N–H and O–H groups in total. The number of fused-ring (bicyclic) bond motifs is 1. The van der Waals surface area contributed by atoms with Crippen LogP contribution in [0.5, 0.6) is 11.5 Å². The Bertz CT molecular complexity index is 835. The molecule has 7 nitrogen and oxygen atoms in total. The lowest BCUT2D eigenvalue weighted by atomic mass is 9.96. The normalized spacial score (nSPS) is 18.7. The van der Waals surface area contributed by atoms with Crippen molar-refractivity contribution in [1.82, 2.24) is 14.9 Å². The zero-order chi connectivity index (χ0) is 19.5. The molecule has 1 fully saturated rings. The van der Waals surface area contributed by atoms with Gasteiger partial charge in [0.1, 0.15) is 0 Å². The standard InChI is InChI=1S/C21H26N4O3/c1-27-18-12-15-4-5-16(17(15)14-19(18)28-2)13-20(26)24-8-10-25(11-9-24)21-22-6-3-7-23-21/h3,6-7,12,14,16H,4-5,8-11,13H2,1-2H3. The summed E-state index contributed by atoms with van der Waals surface area (Å²) in [5.74, 6) is 2.70. The number of carbonyl (C=O) groups excluding carboxylic acids is 1. The van der Waals surface area contributed by atoms with E-state index >= 15 is 0 Å². The summed E-state index contributed by atoms with van der Waals surface area (Å²) >= 11 is 0. The SMILES string of the molecule is COc1cc2c(cc1OC)C(CC(=O)N1CCN(c3ncccn3)CC1)CC2. The van der Waals surface area contributed by atoms with Gasteiger partial charge in [0.2, 0.25) is 11.9 Å². The molecule has 1 aliphatic carbocycles. The van der Waals surface area contributed by atoms with Gasteiger partial charge in [0.15, 0.2) is 11.5 Å². The number of amides is 1. The van der Waals surface area contributed by atoms with Gasteiger partial charge in [0, 0.05) is 45.0 Å². The van der Waals surface area contributed by atoms with Crippen molar-refractivity contribution >= 4 is 11.9 Å². The van der Waals surface area contributed by atoms with E-state index in [0.29, 0.717) is 19.5 Å². The first-order valence-corrected chi connectivity index (χ1v) is 9.74. The Morgan fingerprint density at radius 1 is 1.07 bits per heavy atom. The van der Waals surface area contributed by atoms with Gasteiger partial charge in [0.05, 0.1) is 14.2 Å². The molecule has 1 aromatic heterocycles. The molecule has 1 amide bonds. The lowest BCUT2D eigenvalue weighted by Gasteiger charge is -2.35.